The van der Waals surface area contributed by atoms with Crippen LogP contribution in [-0.4, -0.2) is 89.3 Å². The molecule has 0 bridgehead atoms. The maximum atomic E-state index is 5.74. The van der Waals surface area contributed by atoms with Gasteiger partial charge < -0.3 is 24.8 Å². The largest absolute Gasteiger partial charge is 0.381 e. The molecule has 0 aliphatic carbocycles. The molecule has 23 heavy (non-hydrogen) atoms. The zero-order valence-electron chi connectivity index (χ0n) is 14.6. The number of hydrogen-bond donors (Lipinski definition) is 2. The van der Waals surface area contributed by atoms with Gasteiger partial charge >= 0.3 is 0 Å². The second-order valence-corrected chi connectivity index (χ2v) is 6.08. The fourth-order valence-corrected chi connectivity index (χ4v) is 2.89. The third-order valence-electron chi connectivity index (χ3n) is 4.53. The lowest BCUT2D eigenvalue weighted by Gasteiger charge is -2.34. The number of rotatable bonds is 7. The lowest BCUT2D eigenvalue weighted by Crippen LogP contribution is -2.46. The summed E-state index contributed by atoms with van der Waals surface area (Å²) in [5, 5.41) is 6.73. The van der Waals surface area contributed by atoms with E-state index in [1.54, 1.807) is 7.11 Å². The van der Waals surface area contributed by atoms with Crippen LogP contribution in [0.3, 0.4) is 0 Å². The van der Waals surface area contributed by atoms with Crippen molar-refractivity contribution in [1.29, 1.82) is 0 Å². The van der Waals surface area contributed by atoms with Crippen molar-refractivity contribution in [1.82, 2.24) is 15.5 Å². The Balaban J connectivity index is 1.78. The molecule has 0 amide bonds. The van der Waals surface area contributed by atoms with Crippen LogP contribution >= 0.6 is 0 Å². The summed E-state index contributed by atoms with van der Waals surface area (Å²) in [5.74, 6) is 0.865. The van der Waals surface area contributed by atoms with Gasteiger partial charge in [0.05, 0.1) is 25.4 Å². The number of ether oxygens (including phenoxy) is 3. The van der Waals surface area contributed by atoms with Crippen molar-refractivity contribution in [3.8, 4) is 0 Å². The number of aliphatic imine (C=N–C) groups is 1. The van der Waals surface area contributed by atoms with Crippen LogP contribution in [0.4, 0.5) is 0 Å². The first-order valence-electron chi connectivity index (χ1n) is 8.73. The second kappa shape index (κ2) is 10.1. The van der Waals surface area contributed by atoms with E-state index in [2.05, 4.69) is 22.5 Å². The summed E-state index contributed by atoms with van der Waals surface area (Å²) >= 11 is 0. The van der Waals surface area contributed by atoms with Crippen molar-refractivity contribution in [3.05, 3.63) is 0 Å². The molecule has 7 nitrogen and oxygen atoms in total. The van der Waals surface area contributed by atoms with Gasteiger partial charge in [-0.3, -0.25) is 9.89 Å². The Morgan fingerprint density at radius 2 is 1.83 bits per heavy atom. The van der Waals surface area contributed by atoms with Crippen molar-refractivity contribution < 1.29 is 14.2 Å². The van der Waals surface area contributed by atoms with Crippen LogP contribution in [0.25, 0.3) is 0 Å². The zero-order chi connectivity index (χ0) is 16.4. The minimum Gasteiger partial charge on any atom is -0.381 e. The predicted octanol–water partition coefficient (Wildman–Crippen LogP) is 0.0693. The number of nitrogens with zero attached hydrogens (tertiary/aromatic N) is 2. The summed E-state index contributed by atoms with van der Waals surface area (Å²) in [6.45, 7) is 10.7. The zero-order valence-corrected chi connectivity index (χ0v) is 14.6. The van der Waals surface area contributed by atoms with E-state index in [1.165, 1.54) is 0 Å². The molecule has 2 saturated heterocycles. The highest BCUT2D eigenvalue weighted by molar-refractivity contribution is 5.79. The average molecular weight is 328 g/mol. The summed E-state index contributed by atoms with van der Waals surface area (Å²) in [4.78, 5) is 7.15. The van der Waals surface area contributed by atoms with Crippen molar-refractivity contribution in [2.75, 3.05) is 72.8 Å². The molecule has 2 aliphatic rings. The molecule has 0 radical (unpaired) electrons. The quantitative estimate of drug-likeness (QED) is 0.509. The average Bonchev–Trinajstić information content (AvgIpc) is 2.61. The first kappa shape index (κ1) is 18.4. The molecule has 2 N–H and O–H groups in total. The summed E-state index contributed by atoms with van der Waals surface area (Å²) in [5.41, 5.74) is -0.176. The Hall–Kier alpha value is -0.890. The van der Waals surface area contributed by atoms with Crippen molar-refractivity contribution in [2.45, 2.75) is 25.4 Å². The van der Waals surface area contributed by atoms with E-state index in [-0.39, 0.29) is 5.60 Å². The van der Waals surface area contributed by atoms with Gasteiger partial charge in [-0.2, -0.15) is 0 Å². The first-order chi connectivity index (χ1) is 11.3. The standard InChI is InChI=1S/C16H32N4O3/c1-3-17-15(18-6-7-20-8-12-23-13-9-20)19-14-16(21-2)4-10-22-11-5-16/h3-14H2,1-2H3,(H2,17,18,19). The highest BCUT2D eigenvalue weighted by atomic mass is 16.5. The van der Waals surface area contributed by atoms with Gasteiger partial charge in [0.15, 0.2) is 5.96 Å². The molecule has 0 saturated carbocycles. The van der Waals surface area contributed by atoms with Crippen LogP contribution < -0.4 is 10.6 Å². The Kier molecular flexibility index (Phi) is 8.08. The van der Waals surface area contributed by atoms with E-state index in [9.17, 15) is 0 Å². The van der Waals surface area contributed by atoms with Crippen LogP contribution in [0.15, 0.2) is 4.99 Å². The third kappa shape index (κ3) is 6.25. The van der Waals surface area contributed by atoms with Gasteiger partial charge in [0, 0.05) is 65.9 Å². The minimum atomic E-state index is -0.176. The fourth-order valence-electron chi connectivity index (χ4n) is 2.89. The highest BCUT2D eigenvalue weighted by Gasteiger charge is 2.32. The molecular weight excluding hydrogens is 296 g/mol. The first-order valence-corrected chi connectivity index (χ1v) is 8.73. The van der Waals surface area contributed by atoms with E-state index in [1.807, 2.05) is 0 Å². The molecule has 2 rings (SSSR count). The van der Waals surface area contributed by atoms with Gasteiger partial charge in [-0.15, -0.1) is 0 Å². The van der Waals surface area contributed by atoms with Gasteiger partial charge in [0.1, 0.15) is 0 Å². The Labute approximate surface area is 139 Å². The van der Waals surface area contributed by atoms with Gasteiger partial charge in [0.25, 0.3) is 0 Å². The third-order valence-corrected chi connectivity index (χ3v) is 4.53. The monoisotopic (exact) mass is 328 g/mol. The topological polar surface area (TPSA) is 67.4 Å². The van der Waals surface area contributed by atoms with E-state index < -0.39 is 0 Å². The number of nitrogens with one attached hydrogen (secondary N) is 2. The molecule has 7 heteroatoms. The normalized spacial score (nSPS) is 22.8. The number of morpholine rings is 1. The smallest absolute Gasteiger partial charge is 0.191 e. The van der Waals surface area contributed by atoms with Crippen LogP contribution in [0.5, 0.6) is 0 Å². The Bertz CT molecular complexity index is 353. The van der Waals surface area contributed by atoms with Crippen LogP contribution in [0, 0.1) is 0 Å². The number of hydrogen-bond acceptors (Lipinski definition) is 5. The Morgan fingerprint density at radius 1 is 1.13 bits per heavy atom. The summed E-state index contributed by atoms with van der Waals surface area (Å²) in [7, 11) is 1.78. The van der Waals surface area contributed by atoms with Crippen LogP contribution in [0.2, 0.25) is 0 Å². The number of methoxy groups -OCH3 is 1. The lowest BCUT2D eigenvalue weighted by molar-refractivity contribution is -0.0828. The lowest BCUT2D eigenvalue weighted by atomic mass is 9.94. The van der Waals surface area contributed by atoms with Gasteiger partial charge in [-0.05, 0) is 6.92 Å². The molecule has 0 aromatic carbocycles. The highest BCUT2D eigenvalue weighted by Crippen LogP contribution is 2.24. The molecule has 134 valence electrons. The maximum Gasteiger partial charge on any atom is 0.191 e. The van der Waals surface area contributed by atoms with Gasteiger partial charge in [0.2, 0.25) is 0 Å². The Morgan fingerprint density at radius 3 is 2.48 bits per heavy atom. The van der Waals surface area contributed by atoms with Crippen molar-refractivity contribution in [2.24, 2.45) is 4.99 Å². The second-order valence-electron chi connectivity index (χ2n) is 6.08. The van der Waals surface area contributed by atoms with Gasteiger partial charge in [-0.25, -0.2) is 0 Å². The summed E-state index contributed by atoms with van der Waals surface area (Å²) in [6.07, 6.45) is 1.81. The fraction of sp³-hybridized carbons (Fsp3) is 0.938. The minimum absolute atomic E-state index is 0.176. The molecule has 0 aromatic rings. The van der Waals surface area contributed by atoms with Gasteiger partial charge in [-0.1, -0.05) is 0 Å². The molecule has 0 unspecified atom stereocenters. The molecular formula is C16H32N4O3. The van der Waals surface area contributed by atoms with E-state index in [0.717, 1.165) is 78.0 Å². The predicted molar refractivity (Wildman–Crippen MR) is 91.0 cm³/mol. The summed E-state index contributed by atoms with van der Waals surface area (Å²) in [6, 6.07) is 0. The molecule has 2 aliphatic heterocycles. The van der Waals surface area contributed by atoms with E-state index >= 15 is 0 Å². The maximum absolute atomic E-state index is 5.74. The SMILES string of the molecule is CCNC(=NCC1(OC)CCOCC1)NCCN1CCOCC1. The van der Waals surface area contributed by atoms with E-state index in [4.69, 9.17) is 19.2 Å². The van der Waals surface area contributed by atoms with Crippen LogP contribution in [0.1, 0.15) is 19.8 Å². The van der Waals surface area contributed by atoms with Crippen LogP contribution in [-0.2, 0) is 14.2 Å². The number of guanidine groups is 1. The molecule has 0 aromatic heterocycles. The molecule has 2 heterocycles. The molecule has 0 atom stereocenters. The van der Waals surface area contributed by atoms with Crippen molar-refractivity contribution >= 4 is 5.96 Å². The van der Waals surface area contributed by atoms with Crippen molar-refractivity contribution in [3.63, 3.8) is 0 Å². The van der Waals surface area contributed by atoms with E-state index in [0.29, 0.717) is 6.54 Å². The summed E-state index contributed by atoms with van der Waals surface area (Å²) < 4.78 is 16.6. The molecule has 0 spiro atoms. The molecule has 2 fully saturated rings.